The van der Waals surface area contributed by atoms with Gasteiger partial charge in [-0.1, -0.05) is 37.2 Å². The van der Waals surface area contributed by atoms with E-state index in [-0.39, 0.29) is 12.4 Å². The maximum atomic E-state index is 5.08. The second-order valence-electron chi connectivity index (χ2n) is 6.01. The first-order valence-electron chi connectivity index (χ1n) is 7.90. The SMILES string of the molecule is Cc1cc(CNCc2cn(-c3ccccc3)nc2C(C)C)no1.Cl. The maximum Gasteiger partial charge on any atom is 0.133 e. The summed E-state index contributed by atoms with van der Waals surface area (Å²) in [5, 5.41) is 12.2. The van der Waals surface area contributed by atoms with Crippen molar-refractivity contribution in [2.75, 3.05) is 0 Å². The fraction of sp³-hybridized carbons (Fsp3) is 0.333. The highest BCUT2D eigenvalue weighted by atomic mass is 35.5. The molecule has 2 aromatic heterocycles. The van der Waals surface area contributed by atoms with Crippen LogP contribution in [-0.4, -0.2) is 14.9 Å². The zero-order valence-electron chi connectivity index (χ0n) is 14.2. The van der Waals surface area contributed by atoms with Crippen LogP contribution in [0.5, 0.6) is 0 Å². The molecule has 0 atom stereocenters. The Morgan fingerprint density at radius 3 is 2.54 bits per heavy atom. The lowest BCUT2D eigenvalue weighted by Gasteiger charge is -2.05. The van der Waals surface area contributed by atoms with Crippen LogP contribution in [0.1, 0.15) is 42.5 Å². The number of nitrogens with one attached hydrogen (secondary N) is 1. The van der Waals surface area contributed by atoms with E-state index in [4.69, 9.17) is 9.62 Å². The highest BCUT2D eigenvalue weighted by Crippen LogP contribution is 2.20. The molecular weight excluding hydrogens is 324 g/mol. The monoisotopic (exact) mass is 346 g/mol. The summed E-state index contributed by atoms with van der Waals surface area (Å²) in [5.41, 5.74) is 4.33. The van der Waals surface area contributed by atoms with E-state index in [1.807, 2.05) is 35.9 Å². The fourth-order valence-corrected chi connectivity index (χ4v) is 2.58. The van der Waals surface area contributed by atoms with Crippen LogP contribution >= 0.6 is 12.4 Å². The number of hydrogen-bond acceptors (Lipinski definition) is 4. The summed E-state index contributed by atoms with van der Waals surface area (Å²) >= 11 is 0. The lowest BCUT2D eigenvalue weighted by molar-refractivity contribution is 0.388. The molecule has 0 unspecified atom stereocenters. The molecule has 1 N–H and O–H groups in total. The van der Waals surface area contributed by atoms with E-state index in [1.165, 1.54) is 5.56 Å². The second-order valence-corrected chi connectivity index (χ2v) is 6.01. The molecule has 0 fully saturated rings. The number of halogens is 1. The first-order valence-corrected chi connectivity index (χ1v) is 7.90. The molecule has 128 valence electrons. The Morgan fingerprint density at radius 1 is 1.17 bits per heavy atom. The van der Waals surface area contributed by atoms with Gasteiger partial charge in [0.25, 0.3) is 0 Å². The fourth-order valence-electron chi connectivity index (χ4n) is 2.58. The molecule has 0 saturated heterocycles. The first-order chi connectivity index (χ1) is 11.1. The third kappa shape index (κ3) is 4.24. The molecular formula is C18H23ClN4O. The summed E-state index contributed by atoms with van der Waals surface area (Å²) in [5.74, 6) is 1.22. The van der Waals surface area contributed by atoms with Gasteiger partial charge in [0.2, 0.25) is 0 Å². The third-order valence-corrected chi connectivity index (χ3v) is 3.69. The normalized spacial score (nSPS) is 10.8. The Bertz CT molecular complexity index is 764. The Hall–Kier alpha value is -2.11. The van der Waals surface area contributed by atoms with Gasteiger partial charge in [0.05, 0.1) is 17.1 Å². The summed E-state index contributed by atoms with van der Waals surface area (Å²) < 4.78 is 7.04. The summed E-state index contributed by atoms with van der Waals surface area (Å²) in [6.07, 6.45) is 2.10. The zero-order valence-corrected chi connectivity index (χ0v) is 15.0. The van der Waals surface area contributed by atoms with Gasteiger partial charge in [-0.3, -0.25) is 0 Å². The molecule has 3 rings (SSSR count). The van der Waals surface area contributed by atoms with Gasteiger partial charge in [-0.25, -0.2) is 4.68 Å². The number of rotatable bonds is 6. The number of benzene rings is 1. The minimum atomic E-state index is 0. The van der Waals surface area contributed by atoms with Gasteiger partial charge >= 0.3 is 0 Å². The Kier molecular flexibility index (Phi) is 6.17. The maximum absolute atomic E-state index is 5.08. The van der Waals surface area contributed by atoms with Crippen LogP contribution in [0.2, 0.25) is 0 Å². The average Bonchev–Trinajstić information content (AvgIpc) is 3.15. The van der Waals surface area contributed by atoms with E-state index in [0.29, 0.717) is 12.5 Å². The number of hydrogen-bond donors (Lipinski definition) is 1. The number of para-hydroxylation sites is 1. The standard InChI is InChI=1S/C18H22N4O.ClH/c1-13(2)18-15(10-19-11-16-9-14(3)23-21-16)12-22(20-18)17-7-5-4-6-8-17;/h4-9,12-13,19H,10-11H2,1-3H3;1H. The Labute approximate surface area is 148 Å². The topological polar surface area (TPSA) is 55.9 Å². The van der Waals surface area contributed by atoms with Gasteiger partial charge in [0, 0.05) is 30.9 Å². The van der Waals surface area contributed by atoms with Crippen molar-refractivity contribution in [3.63, 3.8) is 0 Å². The lowest BCUT2D eigenvalue weighted by atomic mass is 10.1. The second kappa shape index (κ2) is 8.13. The quantitative estimate of drug-likeness (QED) is 0.732. The molecule has 24 heavy (non-hydrogen) atoms. The van der Waals surface area contributed by atoms with Gasteiger partial charge in [0.15, 0.2) is 0 Å². The highest BCUT2D eigenvalue weighted by molar-refractivity contribution is 5.85. The van der Waals surface area contributed by atoms with E-state index in [2.05, 4.69) is 42.7 Å². The lowest BCUT2D eigenvalue weighted by Crippen LogP contribution is -2.13. The van der Waals surface area contributed by atoms with Crippen LogP contribution in [0.4, 0.5) is 0 Å². The Balaban J connectivity index is 0.00000208. The van der Waals surface area contributed by atoms with Crippen LogP contribution in [0.15, 0.2) is 47.1 Å². The van der Waals surface area contributed by atoms with Crippen molar-refractivity contribution in [2.24, 2.45) is 0 Å². The van der Waals surface area contributed by atoms with Crippen LogP contribution in [0.3, 0.4) is 0 Å². The van der Waals surface area contributed by atoms with Crippen molar-refractivity contribution < 1.29 is 4.52 Å². The minimum Gasteiger partial charge on any atom is -0.361 e. The molecule has 2 heterocycles. The summed E-state index contributed by atoms with van der Waals surface area (Å²) in [6, 6.07) is 12.1. The van der Waals surface area contributed by atoms with Gasteiger partial charge in [0.1, 0.15) is 5.76 Å². The van der Waals surface area contributed by atoms with Crippen molar-refractivity contribution >= 4 is 12.4 Å². The van der Waals surface area contributed by atoms with Crippen molar-refractivity contribution in [1.82, 2.24) is 20.3 Å². The molecule has 0 aliphatic heterocycles. The van der Waals surface area contributed by atoms with Crippen molar-refractivity contribution in [2.45, 2.75) is 39.8 Å². The molecule has 1 aromatic carbocycles. The van der Waals surface area contributed by atoms with E-state index in [1.54, 1.807) is 0 Å². The number of aryl methyl sites for hydroxylation is 1. The van der Waals surface area contributed by atoms with Crippen LogP contribution in [0.25, 0.3) is 5.69 Å². The summed E-state index contributed by atoms with van der Waals surface area (Å²) in [7, 11) is 0. The van der Waals surface area contributed by atoms with Crippen LogP contribution in [0, 0.1) is 6.92 Å². The van der Waals surface area contributed by atoms with E-state index in [0.717, 1.165) is 29.4 Å². The largest absolute Gasteiger partial charge is 0.361 e. The summed E-state index contributed by atoms with van der Waals surface area (Å²) in [4.78, 5) is 0. The van der Waals surface area contributed by atoms with Gasteiger partial charge in [-0.05, 0) is 25.0 Å². The molecule has 0 saturated carbocycles. The third-order valence-electron chi connectivity index (χ3n) is 3.69. The van der Waals surface area contributed by atoms with Gasteiger partial charge in [-0.2, -0.15) is 5.10 Å². The highest BCUT2D eigenvalue weighted by Gasteiger charge is 2.13. The smallest absolute Gasteiger partial charge is 0.133 e. The minimum absolute atomic E-state index is 0. The molecule has 5 nitrogen and oxygen atoms in total. The van der Waals surface area contributed by atoms with Crippen LogP contribution < -0.4 is 5.32 Å². The van der Waals surface area contributed by atoms with Crippen molar-refractivity contribution in [3.05, 3.63) is 65.3 Å². The van der Waals surface area contributed by atoms with E-state index < -0.39 is 0 Å². The molecule has 3 aromatic rings. The number of nitrogens with zero attached hydrogens (tertiary/aromatic N) is 3. The molecule has 0 amide bonds. The first kappa shape index (κ1) is 18.2. The molecule has 6 heteroatoms. The van der Waals surface area contributed by atoms with Gasteiger partial charge < -0.3 is 9.84 Å². The zero-order chi connectivity index (χ0) is 16.2. The summed E-state index contributed by atoms with van der Waals surface area (Å²) in [6.45, 7) is 7.68. The van der Waals surface area contributed by atoms with E-state index in [9.17, 15) is 0 Å². The average molecular weight is 347 g/mol. The molecule has 0 spiro atoms. The van der Waals surface area contributed by atoms with Crippen molar-refractivity contribution in [3.8, 4) is 5.69 Å². The molecule has 0 aliphatic rings. The molecule has 0 aliphatic carbocycles. The Morgan fingerprint density at radius 2 is 1.92 bits per heavy atom. The van der Waals surface area contributed by atoms with Gasteiger partial charge in [-0.15, -0.1) is 12.4 Å². The van der Waals surface area contributed by atoms with E-state index >= 15 is 0 Å². The molecule has 0 radical (unpaired) electrons. The predicted molar refractivity (Wildman–Crippen MR) is 96.7 cm³/mol. The predicted octanol–water partition coefficient (Wildman–Crippen LogP) is 4.00. The van der Waals surface area contributed by atoms with Crippen LogP contribution in [-0.2, 0) is 13.1 Å². The van der Waals surface area contributed by atoms with Crippen molar-refractivity contribution in [1.29, 1.82) is 0 Å². The number of aromatic nitrogens is 3. The molecule has 0 bridgehead atoms.